The van der Waals surface area contributed by atoms with Crippen molar-refractivity contribution >= 4 is 11.7 Å². The van der Waals surface area contributed by atoms with E-state index in [0.29, 0.717) is 11.4 Å². The van der Waals surface area contributed by atoms with E-state index in [1.54, 1.807) is 18.3 Å². The molecule has 128 valence electrons. The van der Waals surface area contributed by atoms with Gasteiger partial charge in [-0.2, -0.15) is 5.26 Å². The van der Waals surface area contributed by atoms with Gasteiger partial charge in [0.05, 0.1) is 11.9 Å². The van der Waals surface area contributed by atoms with E-state index in [2.05, 4.69) is 15.3 Å². The first-order chi connectivity index (χ1) is 12.3. The molecule has 0 radical (unpaired) electrons. The molecule has 2 aromatic heterocycles. The summed E-state index contributed by atoms with van der Waals surface area (Å²) in [5, 5.41) is 11.7. The highest BCUT2D eigenvalue weighted by Crippen LogP contribution is 2.22. The number of hydrogen-bond acceptors (Lipinski definition) is 4. The second kappa shape index (κ2) is 8.25. The number of aryl methyl sites for hydroxylation is 1. The number of nitrogens with zero attached hydrogens (tertiary/aromatic N) is 4. The molecule has 0 aliphatic carbocycles. The van der Waals surface area contributed by atoms with Crippen LogP contribution in [0, 0.1) is 11.3 Å². The Balaban J connectivity index is 1.61. The van der Waals surface area contributed by atoms with Crippen LogP contribution in [0.25, 0.3) is 0 Å². The van der Waals surface area contributed by atoms with Crippen LogP contribution in [0.3, 0.4) is 0 Å². The maximum atomic E-state index is 12.7. The Morgan fingerprint density at radius 1 is 1.28 bits per heavy atom. The van der Waals surface area contributed by atoms with E-state index in [0.717, 1.165) is 44.3 Å². The maximum Gasteiger partial charge on any atom is 0.322 e. The van der Waals surface area contributed by atoms with Crippen LogP contribution in [0.5, 0.6) is 0 Å². The molecule has 1 aliphatic heterocycles. The van der Waals surface area contributed by atoms with Crippen LogP contribution in [0.15, 0.2) is 42.7 Å². The molecule has 1 fully saturated rings. The number of anilines is 1. The SMILES string of the molecule is N#Cc1ccc(NC(=O)N2CCCC[C@@H]2CCc2ccccn2)cn1. The van der Waals surface area contributed by atoms with Crippen molar-refractivity contribution in [3.8, 4) is 6.07 Å². The highest BCUT2D eigenvalue weighted by Gasteiger charge is 2.26. The van der Waals surface area contributed by atoms with E-state index in [1.807, 2.05) is 29.2 Å². The normalized spacial score (nSPS) is 16.9. The molecule has 25 heavy (non-hydrogen) atoms. The van der Waals surface area contributed by atoms with Gasteiger partial charge in [0.25, 0.3) is 0 Å². The summed E-state index contributed by atoms with van der Waals surface area (Å²) in [7, 11) is 0. The van der Waals surface area contributed by atoms with Gasteiger partial charge in [-0.25, -0.2) is 9.78 Å². The van der Waals surface area contributed by atoms with Crippen LogP contribution in [0.4, 0.5) is 10.5 Å². The summed E-state index contributed by atoms with van der Waals surface area (Å²) >= 11 is 0. The summed E-state index contributed by atoms with van der Waals surface area (Å²) < 4.78 is 0. The first-order valence-electron chi connectivity index (χ1n) is 8.60. The number of hydrogen-bond donors (Lipinski definition) is 1. The summed E-state index contributed by atoms with van der Waals surface area (Å²) in [6, 6.07) is 11.3. The first kappa shape index (κ1) is 16.9. The second-order valence-corrected chi connectivity index (χ2v) is 6.18. The molecule has 1 saturated heterocycles. The van der Waals surface area contributed by atoms with Crippen molar-refractivity contribution in [1.82, 2.24) is 14.9 Å². The smallest absolute Gasteiger partial charge is 0.322 e. The lowest BCUT2D eigenvalue weighted by Gasteiger charge is -2.35. The van der Waals surface area contributed by atoms with Crippen molar-refractivity contribution in [3.63, 3.8) is 0 Å². The number of carbonyl (C=O) groups excluding carboxylic acids is 1. The highest BCUT2D eigenvalue weighted by molar-refractivity contribution is 5.89. The molecule has 2 aromatic rings. The number of aromatic nitrogens is 2. The van der Waals surface area contributed by atoms with Crippen molar-refractivity contribution in [2.45, 2.75) is 38.1 Å². The number of amides is 2. The van der Waals surface area contributed by atoms with E-state index in [-0.39, 0.29) is 12.1 Å². The standard InChI is InChI=1S/C19H21N5O/c20-13-16-7-8-17(14-22-16)23-19(25)24-12-4-2-6-18(24)10-9-15-5-1-3-11-21-15/h1,3,5,7-8,11,14,18H,2,4,6,9-10,12H2,(H,23,25)/t18-/m1/s1. The Labute approximate surface area is 147 Å². The third-order valence-electron chi connectivity index (χ3n) is 4.48. The lowest BCUT2D eigenvalue weighted by Crippen LogP contribution is -2.46. The van der Waals surface area contributed by atoms with E-state index >= 15 is 0 Å². The van der Waals surface area contributed by atoms with E-state index in [9.17, 15) is 4.79 Å². The van der Waals surface area contributed by atoms with E-state index < -0.39 is 0 Å². The number of nitrogens with one attached hydrogen (secondary N) is 1. The van der Waals surface area contributed by atoms with Gasteiger partial charge in [-0.1, -0.05) is 6.07 Å². The summed E-state index contributed by atoms with van der Waals surface area (Å²) in [6.07, 6.45) is 8.30. The van der Waals surface area contributed by atoms with Gasteiger partial charge >= 0.3 is 6.03 Å². The minimum Gasteiger partial charge on any atom is -0.322 e. The van der Waals surface area contributed by atoms with Gasteiger partial charge in [0, 0.05) is 24.5 Å². The van der Waals surface area contributed by atoms with E-state index in [4.69, 9.17) is 5.26 Å². The molecule has 0 spiro atoms. The lowest BCUT2D eigenvalue weighted by atomic mass is 9.97. The average molecular weight is 335 g/mol. The fourth-order valence-electron chi connectivity index (χ4n) is 3.16. The Morgan fingerprint density at radius 2 is 2.20 bits per heavy atom. The second-order valence-electron chi connectivity index (χ2n) is 6.18. The van der Waals surface area contributed by atoms with Gasteiger partial charge in [0.15, 0.2) is 0 Å². The number of piperidine rings is 1. The minimum absolute atomic E-state index is 0.0998. The van der Waals surface area contributed by atoms with E-state index in [1.165, 1.54) is 6.20 Å². The summed E-state index contributed by atoms with van der Waals surface area (Å²) in [6.45, 7) is 0.766. The molecule has 3 rings (SSSR count). The average Bonchev–Trinajstić information content (AvgIpc) is 2.68. The first-order valence-corrected chi connectivity index (χ1v) is 8.60. The summed E-state index contributed by atoms with van der Waals surface area (Å²) in [5.74, 6) is 0. The van der Waals surface area contributed by atoms with Crippen LogP contribution in [0.1, 0.15) is 37.1 Å². The molecule has 6 heteroatoms. The third kappa shape index (κ3) is 4.54. The molecular weight excluding hydrogens is 314 g/mol. The molecule has 1 N–H and O–H groups in total. The number of pyridine rings is 2. The molecule has 0 aromatic carbocycles. The van der Waals surface area contributed by atoms with Crippen molar-refractivity contribution in [1.29, 1.82) is 5.26 Å². The van der Waals surface area contributed by atoms with Crippen LogP contribution in [0.2, 0.25) is 0 Å². The minimum atomic E-state index is -0.0998. The van der Waals surface area contributed by atoms with Gasteiger partial charge in [0.1, 0.15) is 11.8 Å². The zero-order valence-electron chi connectivity index (χ0n) is 14.1. The molecule has 1 atom stereocenters. The number of nitriles is 1. The molecule has 0 unspecified atom stereocenters. The number of rotatable bonds is 4. The molecule has 0 bridgehead atoms. The fourth-order valence-corrected chi connectivity index (χ4v) is 3.16. The largest absolute Gasteiger partial charge is 0.322 e. The summed E-state index contributed by atoms with van der Waals surface area (Å²) in [4.78, 5) is 22.9. The monoisotopic (exact) mass is 335 g/mol. The van der Waals surface area contributed by atoms with Crippen LogP contribution < -0.4 is 5.32 Å². The number of likely N-dealkylation sites (tertiary alicyclic amines) is 1. The third-order valence-corrected chi connectivity index (χ3v) is 4.48. The lowest BCUT2D eigenvalue weighted by molar-refractivity contribution is 0.158. The number of carbonyl (C=O) groups is 1. The zero-order chi connectivity index (χ0) is 17.5. The molecular formula is C19H21N5O. The zero-order valence-corrected chi connectivity index (χ0v) is 14.1. The van der Waals surface area contributed by atoms with Crippen LogP contribution >= 0.6 is 0 Å². The van der Waals surface area contributed by atoms with Crippen LogP contribution in [-0.4, -0.2) is 33.5 Å². The molecule has 0 saturated carbocycles. The quantitative estimate of drug-likeness (QED) is 0.929. The van der Waals surface area contributed by atoms with Gasteiger partial charge in [0.2, 0.25) is 0 Å². The molecule has 2 amide bonds. The molecule has 1 aliphatic rings. The van der Waals surface area contributed by atoms with Gasteiger partial charge in [-0.05, 0) is 56.4 Å². The van der Waals surface area contributed by atoms with Gasteiger partial charge < -0.3 is 10.2 Å². The Hall–Kier alpha value is -2.94. The predicted octanol–water partition coefficient (Wildman–Crippen LogP) is 3.37. The predicted molar refractivity (Wildman–Crippen MR) is 94.9 cm³/mol. The van der Waals surface area contributed by atoms with Crippen molar-refractivity contribution in [2.24, 2.45) is 0 Å². The highest BCUT2D eigenvalue weighted by atomic mass is 16.2. The topological polar surface area (TPSA) is 81.9 Å². The van der Waals surface area contributed by atoms with Gasteiger partial charge in [-0.15, -0.1) is 0 Å². The van der Waals surface area contributed by atoms with Crippen molar-refractivity contribution < 1.29 is 4.79 Å². The van der Waals surface area contributed by atoms with Crippen LogP contribution in [-0.2, 0) is 6.42 Å². The van der Waals surface area contributed by atoms with Crippen molar-refractivity contribution in [3.05, 3.63) is 54.1 Å². The van der Waals surface area contributed by atoms with Crippen molar-refractivity contribution in [2.75, 3.05) is 11.9 Å². The Kier molecular flexibility index (Phi) is 5.57. The number of urea groups is 1. The summed E-state index contributed by atoms with van der Waals surface area (Å²) in [5.41, 5.74) is 2.01. The Bertz CT molecular complexity index is 739. The molecule has 3 heterocycles. The Morgan fingerprint density at radius 3 is 2.92 bits per heavy atom. The maximum absolute atomic E-state index is 12.7. The molecule has 6 nitrogen and oxygen atoms in total. The van der Waals surface area contributed by atoms with Gasteiger partial charge in [-0.3, -0.25) is 4.98 Å². The fraction of sp³-hybridized carbons (Fsp3) is 0.368.